The van der Waals surface area contributed by atoms with E-state index in [0.717, 1.165) is 5.56 Å². The van der Waals surface area contributed by atoms with E-state index in [1.807, 2.05) is 6.07 Å². The lowest BCUT2D eigenvalue weighted by Crippen LogP contribution is -2.12. The normalized spacial score (nSPS) is 11.8. The van der Waals surface area contributed by atoms with Gasteiger partial charge >= 0.3 is 0 Å². The van der Waals surface area contributed by atoms with Gasteiger partial charge in [-0.2, -0.15) is 0 Å². The van der Waals surface area contributed by atoms with Crippen molar-refractivity contribution in [3.8, 4) is 0 Å². The smallest absolute Gasteiger partial charge is 0.132 e. The van der Waals surface area contributed by atoms with E-state index in [9.17, 15) is 0 Å². The van der Waals surface area contributed by atoms with Crippen molar-refractivity contribution in [3.63, 3.8) is 0 Å². The highest BCUT2D eigenvalue weighted by atomic mass is 35.5. The Labute approximate surface area is 82.7 Å². The van der Waals surface area contributed by atoms with Gasteiger partial charge in [0, 0.05) is 6.20 Å². The molecular formula is C9H11Cl2N. The van der Waals surface area contributed by atoms with Crippen LogP contribution < -0.4 is 0 Å². The minimum Gasteiger partial charge on any atom is -0.243 e. The average Bonchev–Trinajstić information content (AvgIpc) is 1.92. The lowest BCUT2D eigenvalue weighted by molar-refractivity contribution is 0.588. The second-order valence-corrected chi connectivity index (χ2v) is 4.54. The lowest BCUT2D eigenvalue weighted by Gasteiger charge is -2.19. The summed E-state index contributed by atoms with van der Waals surface area (Å²) in [5.74, 6) is 0. The first-order valence-corrected chi connectivity index (χ1v) is 4.48. The molecule has 1 heterocycles. The summed E-state index contributed by atoms with van der Waals surface area (Å²) in [6, 6.07) is 1.86. The van der Waals surface area contributed by atoms with Crippen molar-refractivity contribution >= 4 is 23.2 Å². The van der Waals surface area contributed by atoms with Crippen molar-refractivity contribution in [2.24, 2.45) is 0 Å². The standard InChI is InChI=1S/C9H11Cl2N/c1-9(2,3)7-4-6(10)5-12-8(7)11/h4-5H,1-3H3. The summed E-state index contributed by atoms with van der Waals surface area (Å²) in [6.45, 7) is 6.23. The van der Waals surface area contributed by atoms with Crippen LogP contribution in [0.15, 0.2) is 12.3 Å². The van der Waals surface area contributed by atoms with E-state index in [-0.39, 0.29) is 5.41 Å². The maximum atomic E-state index is 5.91. The molecule has 0 atom stereocenters. The molecule has 0 saturated carbocycles. The van der Waals surface area contributed by atoms with Crippen molar-refractivity contribution in [1.82, 2.24) is 4.98 Å². The van der Waals surface area contributed by atoms with Crippen LogP contribution >= 0.6 is 23.2 Å². The predicted octanol–water partition coefficient (Wildman–Crippen LogP) is 3.69. The first-order chi connectivity index (χ1) is 5.41. The maximum absolute atomic E-state index is 5.91. The Morgan fingerprint density at radius 1 is 1.25 bits per heavy atom. The van der Waals surface area contributed by atoms with E-state index in [2.05, 4.69) is 25.8 Å². The molecule has 0 saturated heterocycles. The molecule has 0 aromatic carbocycles. The fourth-order valence-electron chi connectivity index (χ4n) is 0.949. The third-order valence-electron chi connectivity index (χ3n) is 1.61. The van der Waals surface area contributed by atoms with Gasteiger partial charge in [0.1, 0.15) is 5.15 Å². The summed E-state index contributed by atoms with van der Waals surface area (Å²) in [4.78, 5) is 3.98. The second kappa shape index (κ2) is 3.23. The molecule has 66 valence electrons. The van der Waals surface area contributed by atoms with E-state index in [1.54, 1.807) is 6.20 Å². The molecule has 0 spiro atoms. The van der Waals surface area contributed by atoms with Crippen molar-refractivity contribution in [1.29, 1.82) is 0 Å². The van der Waals surface area contributed by atoms with Gasteiger partial charge in [0.2, 0.25) is 0 Å². The molecule has 0 aliphatic carbocycles. The number of hydrogen-bond acceptors (Lipinski definition) is 1. The van der Waals surface area contributed by atoms with Crippen LogP contribution in [0.4, 0.5) is 0 Å². The molecule has 0 aliphatic rings. The van der Waals surface area contributed by atoms with Crippen LogP contribution in [0.3, 0.4) is 0 Å². The Morgan fingerprint density at radius 2 is 1.83 bits per heavy atom. The van der Waals surface area contributed by atoms with E-state index in [4.69, 9.17) is 23.2 Å². The number of pyridine rings is 1. The first kappa shape index (κ1) is 9.82. The molecule has 1 aromatic heterocycles. The van der Waals surface area contributed by atoms with Gasteiger partial charge in [0.05, 0.1) is 5.02 Å². The SMILES string of the molecule is CC(C)(C)c1cc(Cl)cnc1Cl. The molecule has 1 rings (SSSR count). The van der Waals surface area contributed by atoms with Crippen molar-refractivity contribution in [2.45, 2.75) is 26.2 Å². The molecule has 0 unspecified atom stereocenters. The largest absolute Gasteiger partial charge is 0.243 e. The number of nitrogens with zero attached hydrogens (tertiary/aromatic N) is 1. The number of aromatic nitrogens is 1. The summed E-state index contributed by atoms with van der Waals surface area (Å²) < 4.78 is 0. The average molecular weight is 204 g/mol. The second-order valence-electron chi connectivity index (χ2n) is 3.74. The molecule has 1 aromatic rings. The van der Waals surface area contributed by atoms with Crippen molar-refractivity contribution < 1.29 is 0 Å². The van der Waals surface area contributed by atoms with Crippen LogP contribution in [-0.2, 0) is 5.41 Å². The zero-order chi connectivity index (χ0) is 9.35. The van der Waals surface area contributed by atoms with E-state index in [0.29, 0.717) is 10.2 Å². The van der Waals surface area contributed by atoms with Crippen LogP contribution in [0, 0.1) is 0 Å². The molecule has 0 N–H and O–H groups in total. The minimum absolute atomic E-state index is 0.00498. The van der Waals surface area contributed by atoms with Gasteiger partial charge in [-0.3, -0.25) is 0 Å². The summed E-state index contributed by atoms with van der Waals surface area (Å²) in [7, 11) is 0. The summed E-state index contributed by atoms with van der Waals surface area (Å²) >= 11 is 11.7. The van der Waals surface area contributed by atoms with E-state index < -0.39 is 0 Å². The van der Waals surface area contributed by atoms with Crippen molar-refractivity contribution in [2.75, 3.05) is 0 Å². The summed E-state index contributed by atoms with van der Waals surface area (Å²) in [5.41, 5.74) is 0.978. The van der Waals surface area contributed by atoms with Gasteiger partial charge < -0.3 is 0 Å². The third-order valence-corrected chi connectivity index (χ3v) is 2.12. The van der Waals surface area contributed by atoms with Crippen LogP contribution in [0.5, 0.6) is 0 Å². The number of hydrogen-bond donors (Lipinski definition) is 0. The molecule has 1 nitrogen and oxygen atoms in total. The lowest BCUT2D eigenvalue weighted by atomic mass is 9.88. The monoisotopic (exact) mass is 203 g/mol. The van der Waals surface area contributed by atoms with Gasteiger partial charge in [0.15, 0.2) is 0 Å². The molecule has 0 radical (unpaired) electrons. The van der Waals surface area contributed by atoms with Crippen LogP contribution in [-0.4, -0.2) is 4.98 Å². The third kappa shape index (κ3) is 2.11. The number of rotatable bonds is 0. The summed E-state index contributed by atoms with van der Waals surface area (Å²) in [5, 5.41) is 1.16. The molecule has 0 aliphatic heterocycles. The molecule has 12 heavy (non-hydrogen) atoms. The zero-order valence-electron chi connectivity index (χ0n) is 7.36. The molecular weight excluding hydrogens is 193 g/mol. The Kier molecular flexibility index (Phi) is 2.64. The quantitative estimate of drug-likeness (QED) is 0.587. The molecule has 0 bridgehead atoms. The van der Waals surface area contributed by atoms with Crippen LogP contribution in [0.1, 0.15) is 26.3 Å². The van der Waals surface area contributed by atoms with E-state index in [1.165, 1.54) is 0 Å². The highest BCUT2D eigenvalue weighted by molar-refractivity contribution is 6.32. The molecule has 3 heteroatoms. The molecule has 0 fully saturated rings. The Morgan fingerprint density at radius 3 is 2.25 bits per heavy atom. The first-order valence-electron chi connectivity index (χ1n) is 3.73. The van der Waals surface area contributed by atoms with Gasteiger partial charge in [-0.05, 0) is 17.0 Å². The number of halogens is 2. The Hall–Kier alpha value is -0.270. The van der Waals surface area contributed by atoms with Gasteiger partial charge in [-0.1, -0.05) is 44.0 Å². The van der Waals surface area contributed by atoms with Gasteiger partial charge in [-0.25, -0.2) is 4.98 Å². The topological polar surface area (TPSA) is 12.9 Å². The Balaban J connectivity index is 3.23. The predicted molar refractivity (Wildman–Crippen MR) is 53.0 cm³/mol. The van der Waals surface area contributed by atoms with E-state index >= 15 is 0 Å². The fraction of sp³-hybridized carbons (Fsp3) is 0.444. The molecule has 0 amide bonds. The summed E-state index contributed by atoms with van der Waals surface area (Å²) in [6.07, 6.45) is 1.55. The highest BCUT2D eigenvalue weighted by Gasteiger charge is 2.18. The van der Waals surface area contributed by atoms with Crippen LogP contribution in [0.25, 0.3) is 0 Å². The highest BCUT2D eigenvalue weighted by Crippen LogP contribution is 2.29. The maximum Gasteiger partial charge on any atom is 0.132 e. The van der Waals surface area contributed by atoms with Crippen molar-refractivity contribution in [3.05, 3.63) is 28.0 Å². The minimum atomic E-state index is -0.00498. The zero-order valence-corrected chi connectivity index (χ0v) is 8.87. The fourth-order valence-corrected chi connectivity index (χ4v) is 1.49. The van der Waals surface area contributed by atoms with Crippen LogP contribution in [0.2, 0.25) is 10.2 Å². The van der Waals surface area contributed by atoms with Gasteiger partial charge in [-0.15, -0.1) is 0 Å². The van der Waals surface area contributed by atoms with Gasteiger partial charge in [0.25, 0.3) is 0 Å². The Bertz CT molecular complexity index is 289.